The van der Waals surface area contributed by atoms with Crippen molar-refractivity contribution in [1.29, 1.82) is 0 Å². The van der Waals surface area contributed by atoms with Gasteiger partial charge in [0.15, 0.2) is 0 Å². The average Bonchev–Trinajstić information content (AvgIpc) is 2.49. The first-order valence-corrected chi connectivity index (χ1v) is 5.58. The molecule has 2 fully saturated rings. The Morgan fingerprint density at radius 2 is 2.25 bits per heavy atom. The van der Waals surface area contributed by atoms with Crippen molar-refractivity contribution >= 4 is 0 Å². The first kappa shape index (κ1) is 7.17. The minimum Gasteiger partial charge on any atom is -0.0819 e. The smallest absolute Gasteiger partial charge is 0.0194 e. The molecule has 0 saturated heterocycles. The summed E-state index contributed by atoms with van der Waals surface area (Å²) in [6.45, 7) is 2.31. The summed E-state index contributed by atoms with van der Waals surface area (Å²) in [4.78, 5) is 0. The molecule has 0 bridgehead atoms. The number of allylic oxidation sites excluding steroid dienone is 2. The van der Waals surface area contributed by atoms with E-state index < -0.39 is 0 Å². The van der Waals surface area contributed by atoms with Gasteiger partial charge in [-0.2, -0.15) is 0 Å². The van der Waals surface area contributed by atoms with E-state index in [0.29, 0.717) is 0 Å². The molecule has 2 saturated carbocycles. The van der Waals surface area contributed by atoms with Crippen LogP contribution in [-0.2, 0) is 0 Å². The zero-order chi connectivity index (χ0) is 8.13. The summed E-state index contributed by atoms with van der Waals surface area (Å²) in [5.74, 6) is 4.40. The summed E-state index contributed by atoms with van der Waals surface area (Å²) in [5, 5.41) is 0. The van der Waals surface area contributed by atoms with E-state index in [-0.39, 0.29) is 0 Å². The lowest BCUT2D eigenvalue weighted by molar-refractivity contribution is 0.170. The van der Waals surface area contributed by atoms with Crippen LogP contribution in [0.3, 0.4) is 0 Å². The molecule has 0 heterocycles. The highest BCUT2D eigenvalue weighted by atomic mass is 14.5. The fourth-order valence-corrected chi connectivity index (χ4v) is 3.72. The van der Waals surface area contributed by atoms with E-state index in [2.05, 4.69) is 13.0 Å². The Morgan fingerprint density at radius 1 is 1.33 bits per heavy atom. The predicted octanol–water partition coefficient (Wildman–Crippen LogP) is 3.39. The van der Waals surface area contributed by atoms with Crippen LogP contribution in [-0.4, -0.2) is 0 Å². The van der Waals surface area contributed by atoms with E-state index in [1.165, 1.54) is 12.8 Å². The van der Waals surface area contributed by atoms with Gasteiger partial charge in [-0.15, -0.1) is 0 Å². The maximum atomic E-state index is 2.61. The lowest BCUT2D eigenvalue weighted by atomic mass is 9.72. The first-order valence-electron chi connectivity index (χ1n) is 5.58. The maximum absolute atomic E-state index is 2.61. The van der Waals surface area contributed by atoms with Gasteiger partial charge in [-0.05, 0) is 55.8 Å². The maximum Gasteiger partial charge on any atom is -0.0194 e. The first-order chi connectivity index (χ1) is 5.88. The molecule has 3 aliphatic rings. The van der Waals surface area contributed by atoms with Crippen LogP contribution in [0.1, 0.15) is 39.0 Å². The summed E-state index contributed by atoms with van der Waals surface area (Å²) in [5.41, 5.74) is 1.76. The highest BCUT2D eigenvalue weighted by molar-refractivity contribution is 5.19. The average molecular weight is 162 g/mol. The molecule has 0 aliphatic heterocycles. The molecule has 0 aromatic carbocycles. The van der Waals surface area contributed by atoms with Crippen molar-refractivity contribution < 1.29 is 0 Å². The molecule has 0 aromatic heterocycles. The van der Waals surface area contributed by atoms with E-state index in [0.717, 1.165) is 23.7 Å². The van der Waals surface area contributed by atoms with Gasteiger partial charge >= 0.3 is 0 Å². The molecule has 0 amide bonds. The minimum atomic E-state index is 1.01. The quantitative estimate of drug-likeness (QED) is 0.518. The van der Waals surface area contributed by atoms with Gasteiger partial charge in [-0.25, -0.2) is 0 Å². The lowest BCUT2D eigenvalue weighted by Gasteiger charge is -2.33. The Bertz CT molecular complexity index is 226. The van der Waals surface area contributed by atoms with Gasteiger partial charge in [-0.1, -0.05) is 18.6 Å². The highest BCUT2D eigenvalue weighted by Crippen LogP contribution is 2.58. The minimum absolute atomic E-state index is 1.01. The van der Waals surface area contributed by atoms with Crippen LogP contribution in [0.5, 0.6) is 0 Å². The monoisotopic (exact) mass is 162 g/mol. The molecule has 0 N–H and O–H groups in total. The third kappa shape index (κ3) is 0.787. The van der Waals surface area contributed by atoms with Crippen LogP contribution in [0.15, 0.2) is 11.6 Å². The normalized spacial score (nSPS) is 49.6. The standard InChI is InChI=1S/C12H18/c1-2-8-5-10-7-9-3-4-11(9)12(10)6-8/h5,9-12H,2-4,6-7H2,1H3/t9?,10?,11?,12-/m0/s1. The Morgan fingerprint density at radius 3 is 2.92 bits per heavy atom. The van der Waals surface area contributed by atoms with Crippen LogP contribution in [0.2, 0.25) is 0 Å². The molecule has 0 aromatic rings. The van der Waals surface area contributed by atoms with Gasteiger partial charge in [-0.3, -0.25) is 0 Å². The zero-order valence-electron chi connectivity index (χ0n) is 7.92. The summed E-state index contributed by atoms with van der Waals surface area (Å²) in [6, 6.07) is 0. The van der Waals surface area contributed by atoms with Crippen LogP contribution < -0.4 is 0 Å². The largest absolute Gasteiger partial charge is 0.0819 e. The van der Waals surface area contributed by atoms with E-state index in [1.807, 2.05) is 0 Å². The predicted molar refractivity (Wildman–Crippen MR) is 50.8 cm³/mol. The van der Waals surface area contributed by atoms with E-state index in [1.54, 1.807) is 24.8 Å². The highest BCUT2D eigenvalue weighted by Gasteiger charge is 2.48. The fraction of sp³-hybridized carbons (Fsp3) is 0.833. The summed E-state index contributed by atoms with van der Waals surface area (Å²) in [7, 11) is 0. The Kier molecular flexibility index (Phi) is 1.42. The van der Waals surface area contributed by atoms with Gasteiger partial charge in [0.25, 0.3) is 0 Å². The van der Waals surface area contributed by atoms with Gasteiger partial charge in [0, 0.05) is 0 Å². The number of hydrogen-bond acceptors (Lipinski definition) is 0. The SMILES string of the molecule is CCC1=CC2CC3CCC3[C@H]2C1. The molecule has 0 heteroatoms. The van der Waals surface area contributed by atoms with E-state index in [4.69, 9.17) is 0 Å². The molecule has 3 aliphatic carbocycles. The van der Waals surface area contributed by atoms with Crippen LogP contribution in [0.4, 0.5) is 0 Å². The molecule has 12 heavy (non-hydrogen) atoms. The second-order valence-corrected chi connectivity index (χ2v) is 4.95. The zero-order valence-corrected chi connectivity index (χ0v) is 7.92. The lowest BCUT2D eigenvalue weighted by Crippen LogP contribution is -2.24. The molecule has 0 nitrogen and oxygen atoms in total. The van der Waals surface area contributed by atoms with E-state index in [9.17, 15) is 0 Å². The topological polar surface area (TPSA) is 0 Å². The second kappa shape index (κ2) is 2.37. The van der Waals surface area contributed by atoms with Crippen molar-refractivity contribution in [3.05, 3.63) is 11.6 Å². The Labute approximate surface area is 75.0 Å². The summed E-state index contributed by atoms with van der Waals surface area (Å²) < 4.78 is 0. The molecule has 3 unspecified atom stereocenters. The Hall–Kier alpha value is -0.260. The van der Waals surface area contributed by atoms with Gasteiger partial charge in [0.1, 0.15) is 0 Å². The van der Waals surface area contributed by atoms with Crippen molar-refractivity contribution in [2.45, 2.75) is 39.0 Å². The van der Waals surface area contributed by atoms with Gasteiger partial charge in [0.2, 0.25) is 0 Å². The van der Waals surface area contributed by atoms with E-state index >= 15 is 0 Å². The molecule has 0 spiro atoms. The molecule has 3 rings (SSSR count). The molecular formula is C12H18. The number of hydrogen-bond donors (Lipinski definition) is 0. The van der Waals surface area contributed by atoms with Crippen LogP contribution in [0.25, 0.3) is 0 Å². The number of fused-ring (bicyclic) bond motifs is 3. The van der Waals surface area contributed by atoms with Crippen LogP contribution in [0, 0.1) is 23.7 Å². The second-order valence-electron chi connectivity index (χ2n) is 4.95. The van der Waals surface area contributed by atoms with Crippen molar-refractivity contribution in [3.63, 3.8) is 0 Å². The van der Waals surface area contributed by atoms with Crippen molar-refractivity contribution in [3.8, 4) is 0 Å². The number of rotatable bonds is 1. The van der Waals surface area contributed by atoms with Gasteiger partial charge in [0.05, 0.1) is 0 Å². The third-order valence-electron chi connectivity index (χ3n) is 4.55. The summed E-state index contributed by atoms with van der Waals surface area (Å²) >= 11 is 0. The Balaban J connectivity index is 1.80. The van der Waals surface area contributed by atoms with Crippen molar-refractivity contribution in [2.24, 2.45) is 23.7 Å². The fourth-order valence-electron chi connectivity index (χ4n) is 3.72. The molecular weight excluding hydrogens is 144 g/mol. The molecule has 4 atom stereocenters. The van der Waals surface area contributed by atoms with Crippen molar-refractivity contribution in [1.82, 2.24) is 0 Å². The summed E-state index contributed by atoms with van der Waals surface area (Å²) in [6.07, 6.45) is 10.0. The van der Waals surface area contributed by atoms with Crippen molar-refractivity contribution in [2.75, 3.05) is 0 Å². The van der Waals surface area contributed by atoms with Crippen LogP contribution >= 0.6 is 0 Å². The third-order valence-corrected chi connectivity index (χ3v) is 4.55. The molecule has 0 radical (unpaired) electrons. The molecule has 66 valence electrons. The van der Waals surface area contributed by atoms with Gasteiger partial charge < -0.3 is 0 Å².